The average molecular weight is 142 g/mol. The van der Waals surface area contributed by atoms with E-state index in [9.17, 15) is 0 Å². The van der Waals surface area contributed by atoms with Gasteiger partial charge >= 0.3 is 0 Å². The fourth-order valence-electron chi connectivity index (χ4n) is 1.18. The second-order valence-electron chi connectivity index (χ2n) is 3.82. The van der Waals surface area contributed by atoms with Crippen molar-refractivity contribution in [3.8, 4) is 0 Å². The molecule has 0 radical (unpaired) electrons. The van der Waals surface area contributed by atoms with Gasteiger partial charge in [-0.05, 0) is 12.3 Å². The molecule has 2 atom stereocenters. The first-order chi connectivity index (χ1) is 4.52. The van der Waals surface area contributed by atoms with Crippen molar-refractivity contribution >= 4 is 0 Å². The SMILES string of the molecule is CC1ON=NC1C(C)(C)C. The van der Waals surface area contributed by atoms with Gasteiger partial charge in [0.05, 0.1) is 0 Å². The van der Waals surface area contributed by atoms with Crippen LogP contribution in [0.1, 0.15) is 27.7 Å². The van der Waals surface area contributed by atoms with E-state index in [1.807, 2.05) is 6.92 Å². The molecule has 0 saturated heterocycles. The quantitative estimate of drug-likeness (QED) is 0.510. The molecule has 2 unspecified atom stereocenters. The average Bonchev–Trinajstić information content (AvgIpc) is 2.11. The highest BCUT2D eigenvalue weighted by Crippen LogP contribution is 2.29. The van der Waals surface area contributed by atoms with Crippen LogP contribution in [0, 0.1) is 5.41 Å². The standard InChI is InChI=1S/C7H14N2O/c1-5-6(7(2,3)4)8-9-10-5/h5-6H,1-4H3. The van der Waals surface area contributed by atoms with Crippen LogP contribution < -0.4 is 0 Å². The van der Waals surface area contributed by atoms with Gasteiger partial charge in [0.25, 0.3) is 0 Å². The minimum absolute atomic E-state index is 0.139. The van der Waals surface area contributed by atoms with Crippen molar-refractivity contribution in [1.29, 1.82) is 0 Å². The lowest BCUT2D eigenvalue weighted by molar-refractivity contribution is 0.0695. The highest BCUT2D eigenvalue weighted by molar-refractivity contribution is 4.85. The first kappa shape index (κ1) is 7.51. The zero-order valence-electron chi connectivity index (χ0n) is 6.96. The van der Waals surface area contributed by atoms with Crippen LogP contribution in [-0.2, 0) is 4.84 Å². The van der Waals surface area contributed by atoms with E-state index in [4.69, 9.17) is 4.84 Å². The van der Waals surface area contributed by atoms with Crippen LogP contribution in [0.4, 0.5) is 0 Å². The van der Waals surface area contributed by atoms with E-state index in [0.29, 0.717) is 0 Å². The Balaban J connectivity index is 2.64. The fraction of sp³-hybridized carbons (Fsp3) is 1.00. The Morgan fingerprint density at radius 2 is 1.90 bits per heavy atom. The van der Waals surface area contributed by atoms with E-state index in [0.717, 1.165) is 0 Å². The largest absolute Gasteiger partial charge is 0.374 e. The predicted octanol–water partition coefficient (Wildman–Crippen LogP) is 2.19. The van der Waals surface area contributed by atoms with Gasteiger partial charge in [0, 0.05) is 5.28 Å². The molecule has 1 aliphatic rings. The molecule has 0 aromatic heterocycles. The summed E-state index contributed by atoms with van der Waals surface area (Å²) in [4.78, 5) is 4.95. The molecule has 0 fully saturated rings. The van der Waals surface area contributed by atoms with Gasteiger partial charge in [-0.3, -0.25) is 0 Å². The van der Waals surface area contributed by atoms with E-state index in [1.165, 1.54) is 0 Å². The molecule has 1 aliphatic heterocycles. The van der Waals surface area contributed by atoms with E-state index in [-0.39, 0.29) is 17.6 Å². The molecule has 0 aliphatic carbocycles. The molecule has 0 spiro atoms. The van der Waals surface area contributed by atoms with Crippen LogP contribution in [0.25, 0.3) is 0 Å². The summed E-state index contributed by atoms with van der Waals surface area (Å²) in [5, 5.41) is 7.53. The summed E-state index contributed by atoms with van der Waals surface area (Å²) in [5.74, 6) is 0. The van der Waals surface area contributed by atoms with Crippen LogP contribution in [0.3, 0.4) is 0 Å². The molecule has 0 aromatic carbocycles. The lowest BCUT2D eigenvalue weighted by Crippen LogP contribution is -2.31. The molecule has 0 bridgehead atoms. The smallest absolute Gasteiger partial charge is 0.151 e. The lowest BCUT2D eigenvalue weighted by atomic mass is 9.85. The van der Waals surface area contributed by atoms with E-state index < -0.39 is 0 Å². The molecule has 3 nitrogen and oxygen atoms in total. The topological polar surface area (TPSA) is 34.0 Å². The van der Waals surface area contributed by atoms with E-state index in [1.54, 1.807) is 0 Å². The van der Waals surface area contributed by atoms with Gasteiger partial charge in [0.15, 0.2) is 6.10 Å². The maximum Gasteiger partial charge on any atom is 0.151 e. The highest BCUT2D eigenvalue weighted by atomic mass is 16.7. The number of nitrogens with zero attached hydrogens (tertiary/aromatic N) is 2. The molecule has 0 saturated carbocycles. The Labute approximate surface area is 61.4 Å². The summed E-state index contributed by atoms with van der Waals surface area (Å²) in [5.41, 5.74) is 0.166. The van der Waals surface area contributed by atoms with Crippen molar-refractivity contribution in [1.82, 2.24) is 0 Å². The van der Waals surface area contributed by atoms with Crippen molar-refractivity contribution in [3.05, 3.63) is 0 Å². The third-order valence-electron chi connectivity index (χ3n) is 1.72. The molecule has 0 amide bonds. The molecule has 0 N–H and O–H groups in total. The van der Waals surface area contributed by atoms with Crippen LogP contribution in [0.5, 0.6) is 0 Å². The highest BCUT2D eigenvalue weighted by Gasteiger charge is 2.34. The van der Waals surface area contributed by atoms with Crippen molar-refractivity contribution < 1.29 is 4.84 Å². The van der Waals surface area contributed by atoms with Crippen LogP contribution in [-0.4, -0.2) is 12.1 Å². The van der Waals surface area contributed by atoms with Crippen molar-refractivity contribution in [3.63, 3.8) is 0 Å². The van der Waals surface area contributed by atoms with Gasteiger partial charge in [0.2, 0.25) is 0 Å². The summed E-state index contributed by atoms with van der Waals surface area (Å²) in [6, 6.07) is 0.215. The third-order valence-corrected chi connectivity index (χ3v) is 1.72. The van der Waals surface area contributed by atoms with Crippen LogP contribution in [0.2, 0.25) is 0 Å². The normalized spacial score (nSPS) is 32.4. The summed E-state index contributed by atoms with van der Waals surface area (Å²) in [6.45, 7) is 8.42. The molecule has 10 heavy (non-hydrogen) atoms. The second kappa shape index (κ2) is 2.22. The number of rotatable bonds is 0. The molecular weight excluding hydrogens is 128 g/mol. The first-order valence-corrected chi connectivity index (χ1v) is 3.58. The predicted molar refractivity (Wildman–Crippen MR) is 38.6 cm³/mol. The number of hydrogen-bond donors (Lipinski definition) is 0. The van der Waals surface area contributed by atoms with Gasteiger partial charge in [0.1, 0.15) is 6.04 Å². The molecular formula is C7H14N2O. The summed E-state index contributed by atoms with van der Waals surface area (Å²) in [7, 11) is 0. The first-order valence-electron chi connectivity index (χ1n) is 3.58. The summed E-state index contributed by atoms with van der Waals surface area (Å²) in [6.07, 6.45) is 0.139. The van der Waals surface area contributed by atoms with Gasteiger partial charge in [-0.15, -0.1) is 5.11 Å². The van der Waals surface area contributed by atoms with Crippen LogP contribution >= 0.6 is 0 Å². The Morgan fingerprint density at radius 3 is 2.10 bits per heavy atom. The van der Waals surface area contributed by atoms with Gasteiger partial charge in [-0.1, -0.05) is 20.8 Å². The van der Waals surface area contributed by atoms with Crippen molar-refractivity contribution in [2.24, 2.45) is 15.8 Å². The summed E-state index contributed by atoms with van der Waals surface area (Å²) < 4.78 is 0. The Bertz CT molecular complexity index is 148. The fourth-order valence-corrected chi connectivity index (χ4v) is 1.18. The Morgan fingerprint density at radius 1 is 1.30 bits per heavy atom. The van der Waals surface area contributed by atoms with Crippen molar-refractivity contribution in [2.75, 3.05) is 0 Å². The zero-order valence-corrected chi connectivity index (χ0v) is 6.96. The monoisotopic (exact) mass is 142 g/mol. The van der Waals surface area contributed by atoms with Crippen LogP contribution in [0.15, 0.2) is 10.4 Å². The van der Waals surface area contributed by atoms with Gasteiger partial charge in [-0.25, -0.2) is 0 Å². The Hall–Kier alpha value is -0.600. The number of hydrogen-bond acceptors (Lipinski definition) is 3. The van der Waals surface area contributed by atoms with E-state index >= 15 is 0 Å². The summed E-state index contributed by atoms with van der Waals surface area (Å²) >= 11 is 0. The molecule has 3 heteroatoms. The maximum atomic E-state index is 4.95. The molecule has 0 aromatic rings. The lowest BCUT2D eigenvalue weighted by Gasteiger charge is -2.24. The molecule has 58 valence electrons. The molecule has 1 rings (SSSR count). The minimum Gasteiger partial charge on any atom is -0.374 e. The molecule has 1 heterocycles. The van der Waals surface area contributed by atoms with Gasteiger partial charge < -0.3 is 4.84 Å². The van der Waals surface area contributed by atoms with Crippen molar-refractivity contribution in [2.45, 2.75) is 39.8 Å². The minimum atomic E-state index is 0.139. The second-order valence-corrected chi connectivity index (χ2v) is 3.82. The zero-order chi connectivity index (χ0) is 7.78. The Kier molecular flexibility index (Phi) is 1.67. The third kappa shape index (κ3) is 1.28. The van der Waals surface area contributed by atoms with E-state index in [2.05, 4.69) is 31.2 Å². The maximum absolute atomic E-state index is 4.95. The van der Waals surface area contributed by atoms with Gasteiger partial charge in [-0.2, -0.15) is 0 Å².